The van der Waals surface area contributed by atoms with E-state index in [4.69, 9.17) is 17.3 Å². The summed E-state index contributed by atoms with van der Waals surface area (Å²) < 4.78 is 0. The minimum Gasteiger partial charge on any atom is -0.367 e. The van der Waals surface area contributed by atoms with Crippen molar-refractivity contribution in [3.63, 3.8) is 0 Å². The molecular formula is C17H25ClN4OS. The van der Waals surface area contributed by atoms with Crippen molar-refractivity contribution >= 4 is 35.1 Å². The number of amides is 1. The van der Waals surface area contributed by atoms with Gasteiger partial charge in [-0.1, -0.05) is 30.9 Å². The first-order valence-electron chi connectivity index (χ1n) is 8.63. The van der Waals surface area contributed by atoms with Gasteiger partial charge in [0.1, 0.15) is 5.82 Å². The Morgan fingerprint density at radius 3 is 2.67 bits per heavy atom. The number of primary amides is 1. The predicted octanol–water partition coefficient (Wildman–Crippen LogP) is 3.00. The molecule has 2 heterocycles. The number of halogens is 1. The van der Waals surface area contributed by atoms with Crippen molar-refractivity contribution in [1.29, 1.82) is 0 Å². The van der Waals surface area contributed by atoms with E-state index in [1.165, 1.54) is 49.8 Å². The van der Waals surface area contributed by atoms with E-state index in [0.717, 1.165) is 19.6 Å². The van der Waals surface area contributed by atoms with E-state index in [1.54, 1.807) is 6.07 Å². The highest BCUT2D eigenvalue weighted by Crippen LogP contribution is 2.36. The summed E-state index contributed by atoms with van der Waals surface area (Å²) in [5.74, 6) is 2.56. The van der Waals surface area contributed by atoms with Gasteiger partial charge in [-0.15, -0.1) is 0 Å². The number of nitrogens with two attached hydrogens (primary N) is 1. The minimum atomic E-state index is -0.509. The lowest BCUT2D eigenvalue weighted by Gasteiger charge is -2.48. The number of thioether (sulfide) groups is 1. The first kappa shape index (κ1) is 17.8. The van der Waals surface area contributed by atoms with Crippen LogP contribution in [0.4, 0.5) is 5.82 Å². The number of nitrogens with one attached hydrogen (secondary N) is 1. The third kappa shape index (κ3) is 3.98. The van der Waals surface area contributed by atoms with Crippen molar-refractivity contribution < 1.29 is 4.79 Å². The third-order valence-corrected chi connectivity index (χ3v) is 6.41. The van der Waals surface area contributed by atoms with E-state index in [-0.39, 0.29) is 5.54 Å². The number of carbonyl (C=O) groups is 1. The molecule has 5 nitrogen and oxygen atoms in total. The normalized spacial score (nSPS) is 21.4. The molecule has 1 aliphatic heterocycles. The Labute approximate surface area is 152 Å². The van der Waals surface area contributed by atoms with Gasteiger partial charge in [0.2, 0.25) is 5.91 Å². The monoisotopic (exact) mass is 368 g/mol. The van der Waals surface area contributed by atoms with Crippen molar-refractivity contribution in [3.8, 4) is 0 Å². The van der Waals surface area contributed by atoms with Crippen LogP contribution in [0.1, 0.15) is 42.5 Å². The Hall–Kier alpha value is -0.980. The summed E-state index contributed by atoms with van der Waals surface area (Å²) in [7, 11) is 0. The van der Waals surface area contributed by atoms with Crippen LogP contribution < -0.4 is 11.1 Å². The predicted molar refractivity (Wildman–Crippen MR) is 101 cm³/mol. The first-order chi connectivity index (χ1) is 11.6. The molecule has 1 saturated heterocycles. The average molecular weight is 369 g/mol. The molecule has 1 amide bonds. The van der Waals surface area contributed by atoms with E-state index in [1.807, 2.05) is 11.8 Å². The molecule has 0 unspecified atom stereocenters. The summed E-state index contributed by atoms with van der Waals surface area (Å²) >= 11 is 8.32. The number of pyridine rings is 1. The third-order valence-electron chi connectivity index (χ3n) is 5.18. The molecule has 1 aromatic heterocycles. The van der Waals surface area contributed by atoms with Gasteiger partial charge in [0.05, 0.1) is 10.6 Å². The molecule has 3 N–H and O–H groups in total. The zero-order valence-corrected chi connectivity index (χ0v) is 15.5. The Morgan fingerprint density at radius 2 is 2.04 bits per heavy atom. The van der Waals surface area contributed by atoms with Gasteiger partial charge in [0.25, 0.3) is 0 Å². The molecule has 1 saturated carbocycles. The summed E-state index contributed by atoms with van der Waals surface area (Å²) in [4.78, 5) is 18.2. The topological polar surface area (TPSA) is 71.2 Å². The summed E-state index contributed by atoms with van der Waals surface area (Å²) in [6.45, 7) is 3.17. The maximum atomic E-state index is 11.2. The highest BCUT2D eigenvalue weighted by molar-refractivity contribution is 7.99. The average Bonchev–Trinajstić information content (AvgIpc) is 2.62. The molecule has 0 radical (unpaired) electrons. The van der Waals surface area contributed by atoms with Crippen LogP contribution in [0.5, 0.6) is 0 Å². The number of aromatic nitrogens is 1. The number of anilines is 1. The SMILES string of the molecule is NC(=O)c1cnc(NCC2(N3CCSCC3)CCCCC2)c(Cl)c1. The zero-order valence-electron chi connectivity index (χ0n) is 13.9. The van der Waals surface area contributed by atoms with E-state index in [9.17, 15) is 4.79 Å². The van der Waals surface area contributed by atoms with Crippen molar-refractivity contribution in [3.05, 3.63) is 22.8 Å². The maximum Gasteiger partial charge on any atom is 0.250 e. The highest BCUT2D eigenvalue weighted by atomic mass is 35.5. The second-order valence-corrected chi connectivity index (χ2v) is 8.29. The van der Waals surface area contributed by atoms with Crippen molar-refractivity contribution in [1.82, 2.24) is 9.88 Å². The fourth-order valence-corrected chi connectivity index (χ4v) is 4.94. The highest BCUT2D eigenvalue weighted by Gasteiger charge is 2.38. The molecule has 0 aromatic carbocycles. The molecule has 0 atom stereocenters. The quantitative estimate of drug-likeness (QED) is 0.835. The van der Waals surface area contributed by atoms with Gasteiger partial charge in [0.15, 0.2) is 0 Å². The number of nitrogens with zero attached hydrogens (tertiary/aromatic N) is 2. The lowest BCUT2D eigenvalue weighted by molar-refractivity contribution is 0.0706. The molecule has 7 heteroatoms. The fraction of sp³-hybridized carbons (Fsp3) is 0.647. The Kier molecular flexibility index (Phi) is 5.89. The van der Waals surface area contributed by atoms with Gasteiger partial charge >= 0.3 is 0 Å². The molecule has 1 aromatic rings. The number of rotatable bonds is 5. The van der Waals surface area contributed by atoms with E-state index >= 15 is 0 Å². The van der Waals surface area contributed by atoms with Crippen LogP contribution in [0.15, 0.2) is 12.3 Å². The summed E-state index contributed by atoms with van der Waals surface area (Å²) in [6, 6.07) is 1.59. The summed E-state index contributed by atoms with van der Waals surface area (Å²) in [6.07, 6.45) is 7.84. The lowest BCUT2D eigenvalue weighted by Crippen LogP contribution is -2.57. The first-order valence-corrected chi connectivity index (χ1v) is 10.2. The minimum absolute atomic E-state index is 0.201. The number of carbonyl (C=O) groups excluding carboxylic acids is 1. The summed E-state index contributed by atoms with van der Waals surface area (Å²) in [5.41, 5.74) is 5.82. The van der Waals surface area contributed by atoms with Crippen molar-refractivity contribution in [2.24, 2.45) is 5.73 Å². The standard InChI is InChI=1S/C17H25ClN4OS/c18-14-10-13(15(19)23)11-20-16(14)21-12-17(4-2-1-3-5-17)22-6-8-24-9-7-22/h10-11H,1-9,12H2,(H2,19,23)(H,20,21). The van der Waals surface area contributed by atoms with Gasteiger partial charge in [-0.25, -0.2) is 4.98 Å². The van der Waals surface area contributed by atoms with Crippen LogP contribution in [-0.4, -0.2) is 52.5 Å². The molecule has 3 rings (SSSR count). The fourth-order valence-electron chi connectivity index (χ4n) is 3.80. The zero-order chi connectivity index (χ0) is 17.0. The van der Waals surface area contributed by atoms with Crippen molar-refractivity contribution in [2.45, 2.75) is 37.6 Å². The van der Waals surface area contributed by atoms with Gasteiger partial charge in [-0.05, 0) is 18.9 Å². The van der Waals surface area contributed by atoms with Crippen LogP contribution in [0, 0.1) is 0 Å². The van der Waals surface area contributed by atoms with Gasteiger partial charge in [0, 0.05) is 42.9 Å². The molecule has 0 spiro atoms. The molecule has 2 aliphatic rings. The number of hydrogen-bond acceptors (Lipinski definition) is 5. The Bertz CT molecular complexity index is 586. The van der Waals surface area contributed by atoms with Gasteiger partial charge < -0.3 is 11.1 Å². The van der Waals surface area contributed by atoms with Gasteiger partial charge in [-0.3, -0.25) is 9.69 Å². The Morgan fingerprint density at radius 1 is 1.33 bits per heavy atom. The second kappa shape index (κ2) is 7.93. The molecule has 24 heavy (non-hydrogen) atoms. The molecule has 2 fully saturated rings. The van der Waals surface area contributed by atoms with Crippen molar-refractivity contribution in [2.75, 3.05) is 36.5 Å². The molecule has 132 valence electrons. The van der Waals surface area contributed by atoms with Crippen LogP contribution >= 0.6 is 23.4 Å². The lowest BCUT2D eigenvalue weighted by atomic mass is 9.80. The maximum absolute atomic E-state index is 11.2. The van der Waals surface area contributed by atoms with Crippen LogP contribution in [-0.2, 0) is 0 Å². The van der Waals surface area contributed by atoms with Gasteiger partial charge in [-0.2, -0.15) is 11.8 Å². The molecule has 1 aliphatic carbocycles. The largest absolute Gasteiger partial charge is 0.367 e. The van der Waals surface area contributed by atoms with Crippen LogP contribution in [0.3, 0.4) is 0 Å². The summed E-state index contributed by atoms with van der Waals surface area (Å²) in [5, 5.41) is 3.89. The van der Waals surface area contributed by atoms with E-state index in [2.05, 4.69) is 15.2 Å². The van der Waals surface area contributed by atoms with Crippen LogP contribution in [0.25, 0.3) is 0 Å². The smallest absolute Gasteiger partial charge is 0.250 e. The number of hydrogen-bond donors (Lipinski definition) is 2. The Balaban J connectivity index is 1.72. The van der Waals surface area contributed by atoms with E-state index in [0.29, 0.717) is 16.4 Å². The second-order valence-electron chi connectivity index (χ2n) is 6.66. The molecule has 0 bridgehead atoms. The van der Waals surface area contributed by atoms with E-state index < -0.39 is 5.91 Å². The molecular weight excluding hydrogens is 344 g/mol. The van der Waals surface area contributed by atoms with Crippen LogP contribution in [0.2, 0.25) is 5.02 Å².